The minimum atomic E-state index is -4.48. The summed E-state index contributed by atoms with van der Waals surface area (Å²) in [5.41, 5.74) is 0. The molecule has 0 aromatic rings. The minimum Gasteiger partial charge on any atom is -0.748 e. The van der Waals surface area contributed by atoms with E-state index < -0.39 is 31.6 Å². The van der Waals surface area contributed by atoms with Gasteiger partial charge >= 0.3 is 29.6 Å². The van der Waals surface area contributed by atoms with Crippen LogP contribution in [0.2, 0.25) is 0 Å². The predicted octanol–water partition coefficient (Wildman–Crippen LogP) is -1.01. The molecular formula is C13H28NNaO5S2. The van der Waals surface area contributed by atoms with Gasteiger partial charge in [-0.15, -0.1) is 0 Å². The monoisotopic (exact) mass is 365 g/mol. The van der Waals surface area contributed by atoms with Gasteiger partial charge in [-0.05, 0) is 6.42 Å². The van der Waals surface area contributed by atoms with Crippen molar-refractivity contribution in [2.24, 2.45) is 0 Å². The molecule has 0 rings (SSSR count). The van der Waals surface area contributed by atoms with Crippen LogP contribution < -0.4 is 34.3 Å². The van der Waals surface area contributed by atoms with Crippen LogP contribution in [0.5, 0.6) is 0 Å². The van der Waals surface area contributed by atoms with Crippen molar-refractivity contribution in [3.8, 4) is 0 Å². The molecule has 1 N–H and O–H groups in total. The Morgan fingerprint density at radius 2 is 1.23 bits per heavy atom. The third kappa shape index (κ3) is 18.9. The van der Waals surface area contributed by atoms with Crippen molar-refractivity contribution < 1.29 is 50.9 Å². The SMILES string of the molecule is CCCCCCCCCCCNS(=O)(=O)CCS(=O)(=O)[O-].[Na+]. The first kappa shape index (κ1) is 25.1. The van der Waals surface area contributed by atoms with Crippen molar-refractivity contribution in [3.63, 3.8) is 0 Å². The van der Waals surface area contributed by atoms with E-state index in [-0.39, 0.29) is 29.6 Å². The van der Waals surface area contributed by atoms with E-state index in [1.165, 1.54) is 38.5 Å². The van der Waals surface area contributed by atoms with Crippen LogP contribution in [0, 0.1) is 0 Å². The molecule has 0 heterocycles. The van der Waals surface area contributed by atoms with Crippen LogP contribution in [0.25, 0.3) is 0 Å². The molecule has 0 unspecified atom stereocenters. The van der Waals surface area contributed by atoms with Crippen molar-refractivity contribution in [2.75, 3.05) is 18.1 Å². The van der Waals surface area contributed by atoms with Gasteiger partial charge in [0.05, 0.1) is 21.6 Å². The second-order valence-corrected chi connectivity index (χ2v) is 8.75. The molecule has 6 nitrogen and oxygen atoms in total. The second-order valence-electron chi connectivity index (χ2n) is 5.30. The van der Waals surface area contributed by atoms with E-state index in [1.54, 1.807) is 0 Å². The summed E-state index contributed by atoms with van der Waals surface area (Å²) in [6, 6.07) is 0. The van der Waals surface area contributed by atoms with Crippen LogP contribution in [-0.4, -0.2) is 39.4 Å². The summed E-state index contributed by atoms with van der Waals surface area (Å²) < 4.78 is 56.2. The average Bonchev–Trinajstić information content (AvgIpc) is 2.38. The Bertz CT molecular complexity index is 451. The molecule has 0 bridgehead atoms. The standard InChI is InChI=1S/C13H29NO5S2.Na/c1-2-3-4-5-6-7-8-9-10-11-14-20(15,16)12-13-21(17,18)19;/h14H,2-13H2,1H3,(H,17,18,19);/q;+1/p-1. The molecule has 128 valence electrons. The van der Waals surface area contributed by atoms with E-state index in [1.807, 2.05) is 0 Å². The predicted molar refractivity (Wildman–Crippen MR) is 83.6 cm³/mol. The Kier molecular flexibility index (Phi) is 16.2. The van der Waals surface area contributed by atoms with Gasteiger partial charge in [0.2, 0.25) is 10.0 Å². The minimum absolute atomic E-state index is 0. The molecule has 0 aliphatic rings. The first-order valence-electron chi connectivity index (χ1n) is 7.68. The Balaban J connectivity index is 0. The van der Waals surface area contributed by atoms with Gasteiger partial charge in [-0.2, -0.15) is 0 Å². The van der Waals surface area contributed by atoms with Crippen LogP contribution in [0.4, 0.5) is 0 Å². The van der Waals surface area contributed by atoms with E-state index in [9.17, 15) is 21.4 Å². The number of sulfonamides is 1. The molecule has 0 aliphatic carbocycles. The Hall–Kier alpha value is 0.820. The number of nitrogens with one attached hydrogen (secondary N) is 1. The molecule has 0 saturated carbocycles. The quantitative estimate of drug-likeness (QED) is 0.241. The number of hydrogen-bond acceptors (Lipinski definition) is 5. The van der Waals surface area contributed by atoms with E-state index >= 15 is 0 Å². The van der Waals surface area contributed by atoms with Crippen LogP contribution in [0.15, 0.2) is 0 Å². The molecule has 0 spiro atoms. The van der Waals surface area contributed by atoms with Crippen molar-refractivity contribution in [1.29, 1.82) is 0 Å². The summed E-state index contributed by atoms with van der Waals surface area (Å²) in [5, 5.41) is 0. The molecule has 22 heavy (non-hydrogen) atoms. The molecule has 9 heteroatoms. The van der Waals surface area contributed by atoms with Gasteiger partial charge in [0.1, 0.15) is 0 Å². The summed E-state index contributed by atoms with van der Waals surface area (Å²) in [6.07, 6.45) is 10.3. The van der Waals surface area contributed by atoms with Gasteiger partial charge in [0.25, 0.3) is 0 Å². The maximum absolute atomic E-state index is 11.4. The molecule has 0 aromatic heterocycles. The van der Waals surface area contributed by atoms with Crippen LogP contribution >= 0.6 is 0 Å². The molecular weight excluding hydrogens is 337 g/mol. The Labute approximate surface area is 157 Å². The maximum Gasteiger partial charge on any atom is 1.00 e. The van der Waals surface area contributed by atoms with Gasteiger partial charge in [-0.3, -0.25) is 0 Å². The van der Waals surface area contributed by atoms with E-state index in [4.69, 9.17) is 0 Å². The zero-order chi connectivity index (χ0) is 16.2. The largest absolute Gasteiger partial charge is 1.00 e. The summed E-state index contributed by atoms with van der Waals surface area (Å²) in [6.45, 7) is 2.49. The molecule has 0 aliphatic heterocycles. The van der Waals surface area contributed by atoms with Gasteiger partial charge in [-0.1, -0.05) is 58.3 Å². The normalized spacial score (nSPS) is 12.1. The zero-order valence-electron chi connectivity index (χ0n) is 13.8. The van der Waals surface area contributed by atoms with Crippen molar-refractivity contribution in [2.45, 2.75) is 64.7 Å². The third-order valence-electron chi connectivity index (χ3n) is 3.20. The summed E-state index contributed by atoms with van der Waals surface area (Å²) in [4.78, 5) is 0. The van der Waals surface area contributed by atoms with Crippen LogP contribution in [-0.2, 0) is 20.1 Å². The molecule has 0 aromatic carbocycles. The summed E-state index contributed by atoms with van der Waals surface area (Å²) in [7, 11) is -8.13. The van der Waals surface area contributed by atoms with Gasteiger partial charge in [0.15, 0.2) is 0 Å². The first-order valence-corrected chi connectivity index (χ1v) is 10.9. The third-order valence-corrected chi connectivity index (χ3v) is 5.55. The maximum atomic E-state index is 11.4. The van der Waals surface area contributed by atoms with E-state index in [0.717, 1.165) is 19.3 Å². The van der Waals surface area contributed by atoms with Crippen LogP contribution in [0.1, 0.15) is 64.7 Å². The van der Waals surface area contributed by atoms with Gasteiger partial charge in [-0.25, -0.2) is 21.6 Å². The first-order chi connectivity index (χ1) is 9.77. The number of rotatable bonds is 14. The van der Waals surface area contributed by atoms with Crippen LogP contribution in [0.3, 0.4) is 0 Å². The zero-order valence-corrected chi connectivity index (χ0v) is 17.5. The summed E-state index contributed by atoms with van der Waals surface area (Å²) >= 11 is 0. The van der Waals surface area contributed by atoms with E-state index in [0.29, 0.717) is 6.54 Å². The molecule has 0 amide bonds. The second kappa shape index (κ2) is 14.2. The fourth-order valence-corrected chi connectivity index (χ4v) is 4.24. The van der Waals surface area contributed by atoms with Gasteiger partial charge < -0.3 is 4.55 Å². The molecule has 0 radical (unpaired) electrons. The fraction of sp³-hybridized carbons (Fsp3) is 1.00. The molecule has 0 atom stereocenters. The molecule has 0 fully saturated rings. The number of hydrogen-bond donors (Lipinski definition) is 1. The van der Waals surface area contributed by atoms with E-state index in [2.05, 4.69) is 11.6 Å². The Morgan fingerprint density at radius 1 is 0.773 bits per heavy atom. The Morgan fingerprint density at radius 3 is 1.68 bits per heavy atom. The van der Waals surface area contributed by atoms with Crippen molar-refractivity contribution in [3.05, 3.63) is 0 Å². The fourth-order valence-electron chi connectivity index (χ4n) is 1.95. The average molecular weight is 365 g/mol. The van der Waals surface area contributed by atoms with Crippen molar-refractivity contribution >= 4 is 20.1 Å². The van der Waals surface area contributed by atoms with Gasteiger partial charge in [0, 0.05) is 6.54 Å². The topological polar surface area (TPSA) is 103 Å². The van der Waals surface area contributed by atoms with Crippen molar-refractivity contribution in [1.82, 2.24) is 4.72 Å². The smallest absolute Gasteiger partial charge is 0.748 e. The summed E-state index contributed by atoms with van der Waals surface area (Å²) in [5.74, 6) is -1.53. The molecule has 0 saturated heterocycles. The number of unbranched alkanes of at least 4 members (excludes halogenated alkanes) is 8.